The number of anilines is 1. The topological polar surface area (TPSA) is 52.6 Å². The van der Waals surface area contributed by atoms with Gasteiger partial charge in [0, 0.05) is 39.4 Å². The van der Waals surface area contributed by atoms with Gasteiger partial charge in [-0.25, -0.2) is 9.37 Å². The first kappa shape index (κ1) is 21.4. The molecule has 1 saturated heterocycles. The van der Waals surface area contributed by atoms with Crippen LogP contribution in [0, 0.1) is 5.82 Å². The lowest BCUT2D eigenvalue weighted by molar-refractivity contribution is 0.625. The molecule has 5 nitrogen and oxygen atoms in total. The molecule has 0 bridgehead atoms. The van der Waals surface area contributed by atoms with Gasteiger partial charge in [0.2, 0.25) is 0 Å². The van der Waals surface area contributed by atoms with Gasteiger partial charge < -0.3 is 15.5 Å². The predicted molar refractivity (Wildman–Crippen MR) is 119 cm³/mol. The van der Waals surface area contributed by atoms with E-state index in [1.807, 2.05) is 12.3 Å². The van der Waals surface area contributed by atoms with E-state index < -0.39 is 0 Å². The average molecular weight is 483 g/mol. The number of pyridine rings is 1. The number of nitrogens with one attached hydrogen (secondary N) is 2. The van der Waals surface area contributed by atoms with Crippen molar-refractivity contribution in [3.05, 3.63) is 59.5 Å². The summed E-state index contributed by atoms with van der Waals surface area (Å²) >= 11 is 0. The Kier molecular flexibility index (Phi) is 8.77. The summed E-state index contributed by atoms with van der Waals surface area (Å²) in [5.74, 6) is 1.59. The molecule has 1 aromatic carbocycles. The Bertz CT molecular complexity index is 729. The number of halogens is 2. The van der Waals surface area contributed by atoms with Crippen LogP contribution in [-0.2, 0) is 13.0 Å². The Balaban J connectivity index is 0.00000261. The molecule has 1 fully saturated rings. The lowest BCUT2D eigenvalue weighted by Gasteiger charge is -2.16. The van der Waals surface area contributed by atoms with Crippen LogP contribution in [0.3, 0.4) is 0 Å². The first-order valence-electron chi connectivity index (χ1n) is 9.13. The molecule has 7 heteroatoms. The Morgan fingerprint density at radius 3 is 2.63 bits per heavy atom. The van der Waals surface area contributed by atoms with Gasteiger partial charge in [-0.3, -0.25) is 4.99 Å². The second kappa shape index (κ2) is 11.1. The van der Waals surface area contributed by atoms with Crippen molar-refractivity contribution < 1.29 is 4.39 Å². The van der Waals surface area contributed by atoms with E-state index in [-0.39, 0.29) is 29.8 Å². The third-order valence-electron chi connectivity index (χ3n) is 4.52. The summed E-state index contributed by atoms with van der Waals surface area (Å²) in [7, 11) is 1.74. The van der Waals surface area contributed by atoms with E-state index in [0.717, 1.165) is 42.4 Å². The van der Waals surface area contributed by atoms with E-state index in [2.05, 4.69) is 37.6 Å². The van der Waals surface area contributed by atoms with Crippen LogP contribution in [0.5, 0.6) is 0 Å². The zero-order valence-corrected chi connectivity index (χ0v) is 17.9. The molecule has 2 heterocycles. The largest absolute Gasteiger partial charge is 0.357 e. The molecule has 1 aliphatic heterocycles. The van der Waals surface area contributed by atoms with Crippen molar-refractivity contribution in [3.63, 3.8) is 0 Å². The molecule has 0 radical (unpaired) electrons. The molecule has 146 valence electrons. The zero-order valence-electron chi connectivity index (χ0n) is 15.6. The van der Waals surface area contributed by atoms with Crippen LogP contribution in [0.4, 0.5) is 10.2 Å². The molecule has 27 heavy (non-hydrogen) atoms. The fourth-order valence-corrected chi connectivity index (χ4v) is 3.08. The smallest absolute Gasteiger partial charge is 0.191 e. The van der Waals surface area contributed by atoms with Crippen LogP contribution in [0.25, 0.3) is 0 Å². The molecular formula is C20H27FIN5. The van der Waals surface area contributed by atoms with Crippen LogP contribution < -0.4 is 15.5 Å². The number of nitrogens with zero attached hydrogens (tertiary/aromatic N) is 3. The fraction of sp³-hybridized carbons (Fsp3) is 0.400. The van der Waals surface area contributed by atoms with E-state index in [1.165, 1.54) is 18.9 Å². The van der Waals surface area contributed by atoms with Crippen molar-refractivity contribution in [1.82, 2.24) is 15.6 Å². The SMILES string of the molecule is CN=C(NCCc1cccc(F)c1)NCc1ccc(N2CCCC2)nc1.I. The number of hydrogen-bond acceptors (Lipinski definition) is 3. The van der Waals surface area contributed by atoms with E-state index in [4.69, 9.17) is 0 Å². The highest BCUT2D eigenvalue weighted by Crippen LogP contribution is 2.17. The van der Waals surface area contributed by atoms with Gasteiger partial charge in [-0.15, -0.1) is 24.0 Å². The molecule has 1 aromatic heterocycles. The Hall–Kier alpha value is -1.90. The maximum absolute atomic E-state index is 13.2. The van der Waals surface area contributed by atoms with Crippen molar-refractivity contribution in [2.45, 2.75) is 25.8 Å². The standard InChI is InChI=1S/C20H26FN5.HI/c1-22-20(23-10-9-16-5-4-6-18(21)13-16)25-15-17-7-8-19(24-14-17)26-11-2-3-12-26;/h4-8,13-14H,2-3,9-12,15H2,1H3,(H2,22,23,25);1H. The van der Waals surface area contributed by atoms with Gasteiger partial charge in [0.1, 0.15) is 11.6 Å². The normalized spacial score (nSPS) is 14.0. The summed E-state index contributed by atoms with van der Waals surface area (Å²) in [6.07, 6.45) is 5.16. The summed E-state index contributed by atoms with van der Waals surface area (Å²) in [6, 6.07) is 10.9. The molecule has 0 saturated carbocycles. The lowest BCUT2D eigenvalue weighted by Crippen LogP contribution is -2.37. The Morgan fingerprint density at radius 2 is 1.96 bits per heavy atom. The monoisotopic (exact) mass is 483 g/mol. The molecule has 1 aliphatic rings. The molecule has 0 spiro atoms. The highest BCUT2D eigenvalue weighted by Gasteiger charge is 2.12. The average Bonchev–Trinajstić information content (AvgIpc) is 3.20. The fourth-order valence-electron chi connectivity index (χ4n) is 3.08. The van der Waals surface area contributed by atoms with Crippen LogP contribution >= 0.6 is 24.0 Å². The Labute approximate surface area is 177 Å². The van der Waals surface area contributed by atoms with Crippen LogP contribution in [-0.4, -0.2) is 37.6 Å². The summed E-state index contributed by atoms with van der Waals surface area (Å²) in [5, 5.41) is 6.54. The van der Waals surface area contributed by atoms with E-state index >= 15 is 0 Å². The second-order valence-electron chi connectivity index (χ2n) is 6.45. The summed E-state index contributed by atoms with van der Waals surface area (Å²) in [4.78, 5) is 11.1. The minimum absolute atomic E-state index is 0. The van der Waals surface area contributed by atoms with Crippen molar-refractivity contribution in [1.29, 1.82) is 0 Å². The predicted octanol–water partition coefficient (Wildman–Crippen LogP) is 3.35. The first-order valence-corrected chi connectivity index (χ1v) is 9.13. The summed E-state index contributed by atoms with van der Waals surface area (Å²) in [5.41, 5.74) is 2.08. The maximum atomic E-state index is 13.2. The van der Waals surface area contributed by atoms with Gasteiger partial charge >= 0.3 is 0 Å². The van der Waals surface area contributed by atoms with Crippen molar-refractivity contribution in [2.24, 2.45) is 4.99 Å². The summed E-state index contributed by atoms with van der Waals surface area (Å²) < 4.78 is 13.2. The van der Waals surface area contributed by atoms with Gasteiger partial charge in [0.25, 0.3) is 0 Å². The van der Waals surface area contributed by atoms with Gasteiger partial charge in [-0.1, -0.05) is 18.2 Å². The molecular weight excluding hydrogens is 456 g/mol. The van der Waals surface area contributed by atoms with Crippen molar-refractivity contribution >= 4 is 35.8 Å². The highest BCUT2D eigenvalue weighted by atomic mass is 127. The molecule has 0 aliphatic carbocycles. The number of aromatic nitrogens is 1. The number of hydrogen-bond donors (Lipinski definition) is 2. The zero-order chi connectivity index (χ0) is 18.2. The van der Waals surface area contributed by atoms with E-state index in [9.17, 15) is 4.39 Å². The minimum atomic E-state index is -0.199. The number of guanidine groups is 1. The van der Waals surface area contributed by atoms with Crippen molar-refractivity contribution in [2.75, 3.05) is 31.6 Å². The molecule has 0 unspecified atom stereocenters. The lowest BCUT2D eigenvalue weighted by atomic mass is 10.1. The highest BCUT2D eigenvalue weighted by molar-refractivity contribution is 14.0. The van der Waals surface area contributed by atoms with Gasteiger partial charge in [-0.05, 0) is 48.6 Å². The molecule has 3 rings (SSSR count). The second-order valence-corrected chi connectivity index (χ2v) is 6.45. The summed E-state index contributed by atoms with van der Waals surface area (Å²) in [6.45, 7) is 3.56. The molecule has 2 N–H and O–H groups in total. The third-order valence-corrected chi connectivity index (χ3v) is 4.52. The van der Waals surface area contributed by atoms with Gasteiger partial charge in [0.05, 0.1) is 0 Å². The molecule has 2 aromatic rings. The first-order chi connectivity index (χ1) is 12.7. The van der Waals surface area contributed by atoms with E-state index in [1.54, 1.807) is 19.2 Å². The third kappa shape index (κ3) is 6.64. The van der Waals surface area contributed by atoms with Crippen LogP contribution in [0.1, 0.15) is 24.0 Å². The quantitative estimate of drug-likeness (QED) is 0.376. The number of aliphatic imine (C=N–C) groups is 1. The Morgan fingerprint density at radius 1 is 1.15 bits per heavy atom. The molecule has 0 atom stereocenters. The van der Waals surface area contributed by atoms with Crippen molar-refractivity contribution in [3.8, 4) is 0 Å². The maximum Gasteiger partial charge on any atom is 0.191 e. The van der Waals surface area contributed by atoms with Crippen LogP contribution in [0.2, 0.25) is 0 Å². The molecule has 0 amide bonds. The number of rotatable bonds is 6. The van der Waals surface area contributed by atoms with Gasteiger partial charge in [0.15, 0.2) is 5.96 Å². The van der Waals surface area contributed by atoms with Crippen LogP contribution in [0.15, 0.2) is 47.6 Å². The number of benzene rings is 1. The van der Waals surface area contributed by atoms with E-state index in [0.29, 0.717) is 13.1 Å². The van der Waals surface area contributed by atoms with Gasteiger partial charge in [-0.2, -0.15) is 0 Å². The minimum Gasteiger partial charge on any atom is -0.357 e.